The molecule has 100 heavy (non-hydrogen) atoms. The van der Waals surface area contributed by atoms with Crippen molar-refractivity contribution in [2.45, 2.75) is 19.6 Å². The highest BCUT2D eigenvalue weighted by molar-refractivity contribution is 7.90. The zero-order chi connectivity index (χ0) is 70.2. The molecule has 12 rings (SSSR count). The van der Waals surface area contributed by atoms with E-state index in [-0.39, 0.29) is 23.2 Å². The summed E-state index contributed by atoms with van der Waals surface area (Å²) in [7, 11) is 1.83. The third-order valence-corrected chi connectivity index (χ3v) is 16.7. The van der Waals surface area contributed by atoms with Crippen LogP contribution in [-0.2, 0) is 37.2 Å². The number of aromatic nitrogens is 6. The van der Waals surface area contributed by atoms with E-state index in [1.165, 1.54) is 49.5 Å². The van der Waals surface area contributed by atoms with Gasteiger partial charge in [-0.2, -0.15) is 0 Å². The van der Waals surface area contributed by atoms with Gasteiger partial charge in [0.1, 0.15) is 95.0 Å². The third-order valence-electron chi connectivity index (χ3n) is 15.2. The summed E-state index contributed by atoms with van der Waals surface area (Å²) in [4.78, 5) is 28.6. The number of rotatable bonds is 29. The number of sulfone groups is 1. The maximum atomic E-state index is 13.5. The summed E-state index contributed by atoms with van der Waals surface area (Å²) in [6.45, 7) is 7.69. The molecule has 27 heteroatoms. The minimum atomic E-state index is -3.02. The van der Waals surface area contributed by atoms with E-state index in [1.54, 1.807) is 51.7 Å². The van der Waals surface area contributed by atoms with Gasteiger partial charge in [-0.25, -0.2) is 47.1 Å². The fourth-order valence-corrected chi connectivity index (χ4v) is 11.1. The Bertz CT molecular complexity index is 4720. The zero-order valence-electron chi connectivity index (χ0n) is 55.2. The molecule has 11 aromatic rings. The van der Waals surface area contributed by atoms with Gasteiger partial charge in [-0.3, -0.25) is 4.90 Å². The molecule has 7 aromatic carbocycles. The predicted molar refractivity (Wildman–Crippen MR) is 384 cm³/mol. The van der Waals surface area contributed by atoms with Crippen LogP contribution in [0, 0.1) is 24.0 Å². The van der Waals surface area contributed by atoms with Crippen LogP contribution in [0.25, 0.3) is 44.0 Å². The van der Waals surface area contributed by atoms with Crippen LogP contribution in [0.3, 0.4) is 0 Å². The van der Waals surface area contributed by atoms with E-state index in [9.17, 15) is 17.2 Å². The Kier molecular flexibility index (Phi) is 26.3. The fourth-order valence-electron chi connectivity index (χ4n) is 10.2. The number of terminal acetylenes is 1. The quantitative estimate of drug-likeness (QED) is 0.0251. The molecule has 1 fully saturated rings. The number of nitrogens with zero attached hydrogens (tertiary/aromatic N) is 7. The molecule has 0 saturated carbocycles. The molecular formula is C73H73Cl2F2N11O11S. The molecule has 520 valence electrons. The van der Waals surface area contributed by atoms with Crippen molar-refractivity contribution in [1.29, 1.82) is 0 Å². The molecule has 0 bridgehead atoms. The maximum absolute atomic E-state index is 13.5. The van der Waals surface area contributed by atoms with Crippen LogP contribution in [0.2, 0.25) is 10.0 Å². The summed E-state index contributed by atoms with van der Waals surface area (Å²) in [5.74, 6) is 7.93. The number of methoxy groups -OCH3 is 3. The van der Waals surface area contributed by atoms with Crippen molar-refractivity contribution in [1.82, 2.24) is 40.1 Å². The van der Waals surface area contributed by atoms with E-state index in [0.717, 1.165) is 83.3 Å². The van der Waals surface area contributed by atoms with E-state index in [4.69, 9.17) is 71.9 Å². The van der Waals surface area contributed by atoms with Crippen LogP contribution >= 0.6 is 23.2 Å². The first-order valence-electron chi connectivity index (χ1n) is 31.6. The zero-order valence-corrected chi connectivity index (χ0v) is 57.6. The summed E-state index contributed by atoms with van der Waals surface area (Å²) in [5.41, 5.74) is 6.65. The second kappa shape index (κ2) is 36.2. The van der Waals surface area contributed by atoms with E-state index in [0.29, 0.717) is 131 Å². The van der Waals surface area contributed by atoms with Crippen LogP contribution in [0.15, 0.2) is 163 Å². The van der Waals surface area contributed by atoms with Crippen molar-refractivity contribution in [3.63, 3.8) is 0 Å². The minimum Gasteiger partial charge on any atom is -0.493 e. The molecule has 0 atom stereocenters. The van der Waals surface area contributed by atoms with E-state index >= 15 is 0 Å². The van der Waals surface area contributed by atoms with Crippen LogP contribution in [0.1, 0.15) is 23.3 Å². The number of hydrogen-bond acceptors (Lipinski definition) is 22. The molecule has 1 saturated heterocycles. The molecule has 0 aliphatic carbocycles. The number of anilines is 6. The molecule has 5 heterocycles. The van der Waals surface area contributed by atoms with Gasteiger partial charge in [-0.05, 0) is 121 Å². The molecule has 4 N–H and O–H groups in total. The van der Waals surface area contributed by atoms with Crippen molar-refractivity contribution in [2.75, 3.05) is 122 Å². The van der Waals surface area contributed by atoms with Crippen LogP contribution in [-0.4, -0.2) is 149 Å². The lowest BCUT2D eigenvalue weighted by Crippen LogP contribution is -2.37. The Balaban J connectivity index is 0.000000165. The van der Waals surface area contributed by atoms with Gasteiger partial charge >= 0.3 is 0 Å². The summed E-state index contributed by atoms with van der Waals surface area (Å²) in [5, 5.41) is 15.6. The van der Waals surface area contributed by atoms with Crippen molar-refractivity contribution < 1.29 is 59.5 Å². The van der Waals surface area contributed by atoms with Crippen LogP contribution in [0.5, 0.6) is 28.7 Å². The number of benzene rings is 7. The number of fused-ring (bicyclic) bond motifs is 3. The highest BCUT2D eigenvalue weighted by Gasteiger charge is 2.18. The number of hydrogen-bond donors (Lipinski definition) is 4. The van der Waals surface area contributed by atoms with Gasteiger partial charge in [0.15, 0.2) is 23.0 Å². The molecule has 1 aliphatic heterocycles. The smallest absolute Gasteiger partial charge is 0.163 e. The van der Waals surface area contributed by atoms with Crippen molar-refractivity contribution in [3.8, 4) is 52.4 Å². The SMILES string of the molecule is C#Cc1cccc(Nc2ncnc3cc(OCCOC)c(OCCOC)cc23)c1.COc1cc2ncnc(Nc3ccc(F)c(Cl)c3)c2cc1OCCCN1CCOCC1.CS(=O)(=O)CCNCc1ccc(-c2ccc3ncnc(Nc4ccc(OCc5cccc(F)c5)c(Cl)c4)c3c2)o1. The number of ether oxygens (including phenoxy) is 8. The number of halogens is 4. The second-order valence-electron chi connectivity index (χ2n) is 22.4. The molecule has 0 amide bonds. The van der Waals surface area contributed by atoms with Gasteiger partial charge < -0.3 is 63.6 Å². The average Bonchev–Trinajstić information content (AvgIpc) is 0.919. The Morgan fingerprint density at radius 2 is 1.19 bits per heavy atom. The first-order valence-corrected chi connectivity index (χ1v) is 34.4. The predicted octanol–water partition coefficient (Wildman–Crippen LogP) is 13.8. The molecular weight excluding hydrogens is 1350 g/mol. The average molecular weight is 1420 g/mol. The van der Waals surface area contributed by atoms with Gasteiger partial charge in [-0.1, -0.05) is 47.3 Å². The van der Waals surface area contributed by atoms with Crippen molar-refractivity contribution in [3.05, 3.63) is 197 Å². The van der Waals surface area contributed by atoms with Gasteiger partial charge in [-0.15, -0.1) is 6.42 Å². The van der Waals surface area contributed by atoms with Gasteiger partial charge in [0.05, 0.1) is 79.0 Å². The molecule has 22 nitrogen and oxygen atoms in total. The molecule has 0 unspecified atom stereocenters. The first kappa shape index (κ1) is 72.7. The van der Waals surface area contributed by atoms with Crippen LogP contribution in [0.4, 0.5) is 43.3 Å². The molecule has 0 radical (unpaired) electrons. The number of morpholine rings is 1. The molecule has 0 spiro atoms. The maximum Gasteiger partial charge on any atom is 0.163 e. The fraction of sp³-hybridized carbons (Fsp3) is 0.260. The lowest BCUT2D eigenvalue weighted by atomic mass is 10.1. The highest BCUT2D eigenvalue weighted by atomic mass is 35.5. The molecule has 4 aromatic heterocycles. The lowest BCUT2D eigenvalue weighted by molar-refractivity contribution is 0.0357. The van der Waals surface area contributed by atoms with Crippen molar-refractivity contribution >= 4 is 100 Å². The Labute approximate surface area is 587 Å². The largest absolute Gasteiger partial charge is 0.493 e. The standard InChI is InChI=1S/C29H26ClFN4O4S.C22H24ClFN4O3.C22H23N3O4/c1-40(36,37)12-11-32-16-23-7-10-27(39-23)20-5-8-26-24(14-20)29(34-18-33-26)35-22-6-9-28(25(30)15-22)38-17-19-3-2-4-21(31)13-19;1-29-20-13-19-16(12-21(20)31-8-2-5-28-6-9-30-10-7-28)22(26-14-25-19)27-15-3-4-18(24)17(23)11-15;1-4-16-6-5-7-17(12-16)25-22-18-13-20(28-10-8-26-2)21(29-11-9-27-3)14-19(18)23-15-24-22/h2-10,13-15,18,32H,11-12,16-17H2,1H3,(H,33,34,35);3-4,11-14H,2,5-10H2,1H3,(H,25,26,27);1,5-7,12-15H,8-11H2,2-3H3,(H,23,24,25). The summed E-state index contributed by atoms with van der Waals surface area (Å²) < 4.78 is 99.9. The van der Waals surface area contributed by atoms with Gasteiger partial charge in [0.25, 0.3) is 0 Å². The normalized spacial score (nSPS) is 12.2. The lowest BCUT2D eigenvalue weighted by Gasteiger charge is -2.26. The van der Waals surface area contributed by atoms with Gasteiger partial charge in [0.2, 0.25) is 0 Å². The third kappa shape index (κ3) is 21.0. The number of nitrogens with one attached hydrogen (secondary N) is 4. The Morgan fingerprint density at radius 3 is 1.82 bits per heavy atom. The van der Waals surface area contributed by atoms with E-state index in [2.05, 4.69) is 62.0 Å². The second-order valence-corrected chi connectivity index (χ2v) is 25.5. The molecule has 1 aliphatic rings. The summed E-state index contributed by atoms with van der Waals surface area (Å²) in [6, 6.07) is 40.3. The Hall–Kier alpha value is -10.0. The summed E-state index contributed by atoms with van der Waals surface area (Å²) in [6.07, 6.45) is 12.0. The summed E-state index contributed by atoms with van der Waals surface area (Å²) >= 11 is 12.4. The van der Waals surface area contributed by atoms with E-state index < -0.39 is 15.7 Å². The van der Waals surface area contributed by atoms with Gasteiger partial charge in [0, 0.05) is 103 Å². The highest BCUT2D eigenvalue weighted by Crippen LogP contribution is 2.38. The van der Waals surface area contributed by atoms with Crippen LogP contribution < -0.4 is 45.0 Å². The topological polar surface area (TPSA) is 250 Å². The van der Waals surface area contributed by atoms with E-state index in [1.807, 2.05) is 84.9 Å². The Morgan fingerprint density at radius 1 is 0.590 bits per heavy atom. The first-order chi connectivity index (χ1) is 48.6. The van der Waals surface area contributed by atoms with Crippen molar-refractivity contribution in [2.24, 2.45) is 0 Å². The minimum absolute atomic E-state index is 0.0364. The number of furan rings is 1. The monoisotopic (exact) mass is 1420 g/mol.